The Labute approximate surface area is 241 Å². The third-order valence-corrected chi connectivity index (χ3v) is 9.10. The normalized spacial score (nSPS) is 24.4. The molecule has 0 atom stereocenters. The van der Waals surface area contributed by atoms with E-state index in [1.54, 1.807) is 13.3 Å². The molecule has 6 rings (SSSR count). The molecule has 0 unspecified atom stereocenters. The Morgan fingerprint density at radius 1 is 1.07 bits per heavy atom. The highest BCUT2D eigenvalue weighted by Crippen LogP contribution is 2.38. The van der Waals surface area contributed by atoms with Gasteiger partial charge in [0.25, 0.3) is 0 Å². The van der Waals surface area contributed by atoms with Crippen molar-refractivity contribution in [1.82, 2.24) is 19.7 Å². The molecule has 3 aliphatic rings. The number of carbonyl (C=O) groups is 1. The Bertz CT molecular complexity index is 1410. The maximum Gasteiger partial charge on any atom is 0.231 e. The number of pyridine rings is 2. The van der Waals surface area contributed by atoms with E-state index in [9.17, 15) is 15.2 Å². The van der Waals surface area contributed by atoms with Crippen molar-refractivity contribution in [2.45, 2.75) is 82.3 Å². The second-order valence-corrected chi connectivity index (χ2v) is 11.9. The number of amides is 1. The molecule has 1 amide bonds. The summed E-state index contributed by atoms with van der Waals surface area (Å²) in [5.41, 5.74) is 3.32. The van der Waals surface area contributed by atoms with Gasteiger partial charge >= 0.3 is 0 Å². The van der Waals surface area contributed by atoms with Crippen molar-refractivity contribution < 1.29 is 14.6 Å². The summed E-state index contributed by atoms with van der Waals surface area (Å²) in [7, 11) is 1.55. The minimum atomic E-state index is -0.305. The highest BCUT2D eigenvalue weighted by molar-refractivity contribution is 5.94. The molecule has 0 spiro atoms. The molecule has 0 radical (unpaired) electrons. The van der Waals surface area contributed by atoms with E-state index in [0.717, 1.165) is 42.5 Å². The van der Waals surface area contributed by atoms with E-state index < -0.39 is 0 Å². The first kappa shape index (κ1) is 27.4. The number of anilines is 1. The number of hydrogen-bond acceptors (Lipinski definition) is 7. The molecular formula is C32H38N6O3. The molecule has 9 nitrogen and oxygen atoms in total. The van der Waals surface area contributed by atoms with E-state index in [-0.39, 0.29) is 23.8 Å². The molecule has 214 valence electrons. The molecule has 3 aromatic heterocycles. The second-order valence-electron chi connectivity index (χ2n) is 11.9. The van der Waals surface area contributed by atoms with Gasteiger partial charge in [-0.15, -0.1) is 0 Å². The zero-order valence-corrected chi connectivity index (χ0v) is 23.7. The Balaban J connectivity index is 1.19. The van der Waals surface area contributed by atoms with Crippen LogP contribution in [0.5, 0.6) is 5.75 Å². The Kier molecular flexibility index (Phi) is 8.02. The summed E-state index contributed by atoms with van der Waals surface area (Å²) in [6.45, 7) is 0.627. The summed E-state index contributed by atoms with van der Waals surface area (Å²) in [5.74, 6) is 1.86. The topological polar surface area (TPSA) is 117 Å². The molecule has 41 heavy (non-hydrogen) atoms. The predicted molar refractivity (Wildman–Crippen MR) is 154 cm³/mol. The lowest BCUT2D eigenvalue weighted by atomic mass is 9.79. The van der Waals surface area contributed by atoms with Crippen LogP contribution in [0.4, 0.5) is 5.82 Å². The smallest absolute Gasteiger partial charge is 0.231 e. The summed E-state index contributed by atoms with van der Waals surface area (Å²) in [6.07, 6.45) is 14.5. The lowest BCUT2D eigenvalue weighted by Gasteiger charge is -2.35. The maximum atomic E-state index is 14.0. The van der Waals surface area contributed by atoms with Gasteiger partial charge in [-0.05, 0) is 100.0 Å². The van der Waals surface area contributed by atoms with E-state index in [0.29, 0.717) is 61.4 Å². The molecule has 3 aromatic rings. The zero-order valence-electron chi connectivity index (χ0n) is 23.7. The van der Waals surface area contributed by atoms with Crippen molar-refractivity contribution >= 4 is 11.7 Å². The number of aromatic nitrogens is 4. The Morgan fingerprint density at radius 3 is 2.56 bits per heavy atom. The first-order valence-electron chi connectivity index (χ1n) is 15.0. The third-order valence-electron chi connectivity index (χ3n) is 9.10. The number of aliphatic hydroxyl groups excluding tert-OH is 1. The van der Waals surface area contributed by atoms with Crippen molar-refractivity contribution in [1.29, 1.82) is 5.26 Å². The van der Waals surface area contributed by atoms with Gasteiger partial charge in [-0.25, -0.2) is 9.97 Å². The van der Waals surface area contributed by atoms with Gasteiger partial charge in [-0.2, -0.15) is 10.4 Å². The van der Waals surface area contributed by atoms with E-state index in [2.05, 4.69) is 27.3 Å². The molecular weight excluding hydrogens is 516 g/mol. The van der Waals surface area contributed by atoms with Gasteiger partial charge in [-0.3, -0.25) is 14.4 Å². The minimum absolute atomic E-state index is 0.0919. The minimum Gasteiger partial charge on any atom is -0.494 e. The number of methoxy groups -OCH3 is 1. The van der Waals surface area contributed by atoms with E-state index in [4.69, 9.17) is 4.74 Å². The van der Waals surface area contributed by atoms with Crippen molar-refractivity contribution in [3.63, 3.8) is 0 Å². The van der Waals surface area contributed by atoms with E-state index in [1.165, 1.54) is 12.8 Å². The molecule has 0 saturated heterocycles. The van der Waals surface area contributed by atoms with Crippen LogP contribution >= 0.6 is 0 Å². The van der Waals surface area contributed by atoms with Gasteiger partial charge < -0.3 is 9.84 Å². The highest BCUT2D eigenvalue weighted by atomic mass is 16.5. The molecule has 3 fully saturated rings. The van der Waals surface area contributed by atoms with Gasteiger partial charge in [0.2, 0.25) is 5.91 Å². The predicted octanol–water partition coefficient (Wildman–Crippen LogP) is 5.41. The number of rotatable bonds is 8. The van der Waals surface area contributed by atoms with Gasteiger partial charge in [0.15, 0.2) is 11.4 Å². The van der Waals surface area contributed by atoms with Gasteiger partial charge in [-0.1, -0.05) is 0 Å². The van der Waals surface area contributed by atoms with Crippen molar-refractivity contribution in [2.24, 2.45) is 11.8 Å². The van der Waals surface area contributed by atoms with Gasteiger partial charge in [0.1, 0.15) is 11.9 Å². The van der Waals surface area contributed by atoms with Crippen LogP contribution in [0.2, 0.25) is 0 Å². The van der Waals surface area contributed by atoms with Crippen LogP contribution in [0.15, 0.2) is 42.9 Å². The number of aliphatic hydroxyl groups is 1. The van der Waals surface area contributed by atoms with Gasteiger partial charge in [0.05, 0.1) is 25.5 Å². The Hall–Kier alpha value is -3.77. The molecule has 3 aliphatic carbocycles. The monoisotopic (exact) mass is 554 g/mol. The Morgan fingerprint density at radius 2 is 1.85 bits per heavy atom. The molecule has 9 heteroatoms. The first-order valence-corrected chi connectivity index (χ1v) is 15.0. The summed E-state index contributed by atoms with van der Waals surface area (Å²) >= 11 is 0. The third kappa shape index (κ3) is 6.13. The fraction of sp³-hybridized carbons (Fsp3) is 0.531. The van der Waals surface area contributed by atoms with E-state index in [1.807, 2.05) is 40.0 Å². The standard InChI is InChI=1S/C32H38N6O3/c1-41-30-13-12-28(36-29(30)17-33)22-4-2-21(3-5-22)19-37(32(40)23-6-10-27(39)11-7-23)31-16-24(14-15-34-31)25-18-35-38(20-25)26-8-9-26/h12-16,18,20-23,26-27,39H,2-11,19H2,1H3/t21-,22-,23-,27-. The van der Waals surface area contributed by atoms with Crippen LogP contribution in [0.25, 0.3) is 11.1 Å². The van der Waals surface area contributed by atoms with Crippen LogP contribution in [-0.2, 0) is 4.79 Å². The first-order chi connectivity index (χ1) is 20.0. The lowest BCUT2D eigenvalue weighted by Crippen LogP contribution is -2.42. The van der Waals surface area contributed by atoms with Crippen LogP contribution in [0.1, 0.15) is 87.6 Å². The van der Waals surface area contributed by atoms with Crippen LogP contribution in [0, 0.1) is 23.2 Å². The fourth-order valence-corrected chi connectivity index (χ4v) is 6.44. The molecule has 1 N–H and O–H groups in total. The van der Waals surface area contributed by atoms with Crippen LogP contribution < -0.4 is 9.64 Å². The molecule has 3 saturated carbocycles. The molecule has 0 aliphatic heterocycles. The van der Waals surface area contributed by atoms with Gasteiger partial charge in [0, 0.05) is 42.0 Å². The summed E-state index contributed by atoms with van der Waals surface area (Å²) in [6, 6.07) is 10.5. The lowest BCUT2D eigenvalue weighted by molar-refractivity contribution is -0.124. The van der Waals surface area contributed by atoms with Crippen molar-refractivity contribution in [3.8, 4) is 22.9 Å². The SMILES string of the molecule is COc1ccc([C@H]2CC[C@H](CN(c3cc(-c4cnn(C5CC5)c4)ccn3)C(=O)[C@H]3CC[C@H](O)CC3)CC2)nc1C#N. The molecule has 0 bridgehead atoms. The average molecular weight is 555 g/mol. The molecule has 3 heterocycles. The average Bonchev–Trinajstić information content (AvgIpc) is 3.75. The number of nitriles is 1. The fourth-order valence-electron chi connectivity index (χ4n) is 6.44. The second kappa shape index (κ2) is 12.0. The zero-order chi connectivity index (χ0) is 28.3. The quantitative estimate of drug-likeness (QED) is 0.395. The molecule has 0 aromatic carbocycles. The number of nitrogens with zero attached hydrogens (tertiary/aromatic N) is 6. The summed E-state index contributed by atoms with van der Waals surface area (Å²) in [4.78, 5) is 25.2. The number of hydrogen-bond donors (Lipinski definition) is 1. The van der Waals surface area contributed by atoms with Crippen molar-refractivity contribution in [2.75, 3.05) is 18.6 Å². The van der Waals surface area contributed by atoms with Crippen molar-refractivity contribution in [3.05, 3.63) is 54.2 Å². The summed E-state index contributed by atoms with van der Waals surface area (Å²) in [5, 5.41) is 24.1. The number of carbonyl (C=O) groups excluding carboxylic acids is 1. The highest BCUT2D eigenvalue weighted by Gasteiger charge is 2.33. The number of ether oxygens (including phenoxy) is 1. The van der Waals surface area contributed by atoms with Crippen LogP contribution in [-0.4, -0.2) is 50.5 Å². The van der Waals surface area contributed by atoms with Crippen LogP contribution in [0.3, 0.4) is 0 Å². The maximum absolute atomic E-state index is 14.0. The van der Waals surface area contributed by atoms with E-state index >= 15 is 0 Å². The largest absolute Gasteiger partial charge is 0.494 e. The summed E-state index contributed by atoms with van der Waals surface area (Å²) < 4.78 is 7.31.